The maximum Gasteiger partial charge on any atom is 0.107 e. The second kappa shape index (κ2) is 5.33. The van der Waals surface area contributed by atoms with E-state index in [0.29, 0.717) is 6.54 Å². The van der Waals surface area contributed by atoms with Gasteiger partial charge in [0.25, 0.3) is 0 Å². The molecule has 6 heteroatoms. The minimum atomic E-state index is 0.0559. The molecule has 1 aromatic rings. The summed E-state index contributed by atoms with van der Waals surface area (Å²) in [5.74, 6) is 0. The molecule has 1 saturated heterocycles. The summed E-state index contributed by atoms with van der Waals surface area (Å²) in [6.45, 7) is 2.20. The summed E-state index contributed by atoms with van der Waals surface area (Å²) < 4.78 is 7.43. The average molecular weight is 326 g/mol. The maximum atomic E-state index is 6.07. The van der Waals surface area contributed by atoms with E-state index in [2.05, 4.69) is 33.9 Å². The Hall–Kier alpha value is 0.350. The summed E-state index contributed by atoms with van der Waals surface area (Å²) in [7, 11) is 2.09. The molecular formula is C10H14BrClN2OS. The van der Waals surface area contributed by atoms with Crippen molar-refractivity contribution in [2.24, 2.45) is 5.73 Å². The Morgan fingerprint density at radius 1 is 1.75 bits per heavy atom. The Morgan fingerprint density at radius 3 is 3.06 bits per heavy atom. The van der Waals surface area contributed by atoms with Crippen molar-refractivity contribution in [1.82, 2.24) is 4.90 Å². The molecule has 2 rings (SSSR count). The van der Waals surface area contributed by atoms with Gasteiger partial charge in [-0.25, -0.2) is 0 Å². The van der Waals surface area contributed by atoms with Crippen molar-refractivity contribution < 1.29 is 4.74 Å². The minimum Gasteiger partial charge on any atom is -0.374 e. The molecule has 1 fully saturated rings. The van der Waals surface area contributed by atoms with Gasteiger partial charge in [-0.15, -0.1) is 11.3 Å². The first-order chi connectivity index (χ1) is 7.63. The smallest absolute Gasteiger partial charge is 0.107 e. The van der Waals surface area contributed by atoms with Crippen LogP contribution in [0.1, 0.15) is 10.9 Å². The molecule has 16 heavy (non-hydrogen) atoms. The van der Waals surface area contributed by atoms with Gasteiger partial charge in [-0.2, -0.15) is 0 Å². The summed E-state index contributed by atoms with van der Waals surface area (Å²) in [6.07, 6.45) is 0.0559. The van der Waals surface area contributed by atoms with Gasteiger partial charge in [-0.05, 0) is 29.0 Å². The van der Waals surface area contributed by atoms with Crippen LogP contribution in [-0.2, 0) is 4.74 Å². The van der Waals surface area contributed by atoms with E-state index in [4.69, 9.17) is 22.1 Å². The zero-order valence-electron chi connectivity index (χ0n) is 8.95. The Balaban J connectivity index is 2.27. The highest BCUT2D eigenvalue weighted by atomic mass is 79.9. The fraction of sp³-hybridized carbons (Fsp3) is 0.600. The Kier molecular flexibility index (Phi) is 4.26. The summed E-state index contributed by atoms with van der Waals surface area (Å²) in [4.78, 5) is 3.48. The van der Waals surface area contributed by atoms with Crippen LogP contribution in [0.15, 0.2) is 10.5 Å². The van der Waals surface area contributed by atoms with E-state index in [1.54, 1.807) is 11.3 Å². The van der Waals surface area contributed by atoms with E-state index in [1.807, 2.05) is 0 Å². The zero-order chi connectivity index (χ0) is 11.7. The minimum absolute atomic E-state index is 0.0559. The Labute approximate surface area is 113 Å². The predicted octanol–water partition coefficient (Wildman–Crippen LogP) is 2.49. The molecule has 2 atom stereocenters. The molecule has 0 aliphatic carbocycles. The van der Waals surface area contributed by atoms with Crippen LogP contribution in [0.5, 0.6) is 0 Å². The van der Waals surface area contributed by atoms with E-state index in [1.165, 1.54) is 4.88 Å². The third kappa shape index (κ3) is 2.44. The third-order valence-corrected chi connectivity index (χ3v) is 5.34. The summed E-state index contributed by atoms with van der Waals surface area (Å²) >= 11 is 11.1. The standard InChI is InChI=1S/C10H14BrClN2OS/c1-14-2-3-15-7(5-13)9(14)8-4-6(11)10(12)16-8/h4,7,9H,2-3,5,13H2,1H3. The van der Waals surface area contributed by atoms with Crippen LogP contribution in [0.4, 0.5) is 0 Å². The second-order valence-corrected chi connectivity index (χ2v) is 6.38. The van der Waals surface area contributed by atoms with Crippen LogP contribution in [0.25, 0.3) is 0 Å². The van der Waals surface area contributed by atoms with E-state index < -0.39 is 0 Å². The highest BCUT2D eigenvalue weighted by Crippen LogP contribution is 2.39. The van der Waals surface area contributed by atoms with Crippen molar-refractivity contribution in [2.75, 3.05) is 26.7 Å². The molecule has 0 aromatic carbocycles. The van der Waals surface area contributed by atoms with E-state index in [9.17, 15) is 0 Å². The van der Waals surface area contributed by atoms with Crippen LogP contribution in [0.3, 0.4) is 0 Å². The van der Waals surface area contributed by atoms with Gasteiger partial charge in [0.2, 0.25) is 0 Å². The van der Waals surface area contributed by atoms with Crippen LogP contribution in [-0.4, -0.2) is 37.7 Å². The molecule has 90 valence electrons. The predicted molar refractivity (Wildman–Crippen MR) is 71.2 cm³/mol. The van der Waals surface area contributed by atoms with Gasteiger partial charge in [0.05, 0.1) is 18.8 Å². The average Bonchev–Trinajstić information content (AvgIpc) is 2.58. The molecule has 3 nitrogen and oxygen atoms in total. The molecule has 1 aliphatic rings. The number of likely N-dealkylation sites (N-methyl/N-ethyl adjacent to an activating group) is 1. The molecule has 0 bridgehead atoms. The molecule has 0 spiro atoms. The monoisotopic (exact) mass is 324 g/mol. The van der Waals surface area contributed by atoms with Crippen molar-refractivity contribution in [2.45, 2.75) is 12.1 Å². The van der Waals surface area contributed by atoms with Crippen molar-refractivity contribution in [1.29, 1.82) is 0 Å². The van der Waals surface area contributed by atoms with Gasteiger partial charge in [-0.3, -0.25) is 4.90 Å². The lowest BCUT2D eigenvalue weighted by Crippen LogP contribution is -2.46. The molecule has 0 amide bonds. The second-order valence-electron chi connectivity index (χ2n) is 3.84. The Morgan fingerprint density at radius 2 is 2.50 bits per heavy atom. The zero-order valence-corrected chi connectivity index (χ0v) is 12.1. The molecule has 1 aliphatic heterocycles. The van der Waals surface area contributed by atoms with Crippen LogP contribution in [0, 0.1) is 0 Å². The number of ether oxygens (including phenoxy) is 1. The molecule has 2 unspecified atom stereocenters. The number of nitrogens with two attached hydrogens (primary N) is 1. The Bertz CT molecular complexity index is 354. The summed E-state index contributed by atoms with van der Waals surface area (Å²) in [6, 6.07) is 2.28. The molecule has 2 heterocycles. The van der Waals surface area contributed by atoms with Crippen molar-refractivity contribution in [3.63, 3.8) is 0 Å². The van der Waals surface area contributed by atoms with Crippen LogP contribution < -0.4 is 5.73 Å². The maximum absolute atomic E-state index is 6.07. The number of halogens is 2. The lowest BCUT2D eigenvalue weighted by Gasteiger charge is -2.38. The highest BCUT2D eigenvalue weighted by Gasteiger charge is 2.32. The topological polar surface area (TPSA) is 38.5 Å². The van der Waals surface area contributed by atoms with Crippen molar-refractivity contribution in [3.05, 3.63) is 19.8 Å². The molecule has 2 N–H and O–H groups in total. The van der Waals surface area contributed by atoms with Gasteiger partial charge in [0.1, 0.15) is 4.34 Å². The first kappa shape index (κ1) is 12.8. The van der Waals surface area contributed by atoms with E-state index >= 15 is 0 Å². The van der Waals surface area contributed by atoms with E-state index in [0.717, 1.165) is 22.0 Å². The number of hydrogen-bond acceptors (Lipinski definition) is 4. The lowest BCUT2D eigenvalue weighted by atomic mass is 10.1. The fourth-order valence-corrected chi connectivity index (χ4v) is 3.92. The van der Waals surface area contributed by atoms with Gasteiger partial charge in [-0.1, -0.05) is 11.6 Å². The van der Waals surface area contributed by atoms with Crippen LogP contribution >= 0.6 is 38.9 Å². The number of thiophene rings is 1. The largest absolute Gasteiger partial charge is 0.374 e. The SMILES string of the molecule is CN1CCOC(CN)C1c1cc(Br)c(Cl)s1. The third-order valence-electron chi connectivity index (χ3n) is 2.79. The molecule has 0 radical (unpaired) electrons. The summed E-state index contributed by atoms with van der Waals surface area (Å²) in [5, 5.41) is 0. The normalized spacial score (nSPS) is 27.2. The highest BCUT2D eigenvalue weighted by molar-refractivity contribution is 9.10. The quantitative estimate of drug-likeness (QED) is 0.908. The first-order valence-corrected chi connectivity index (χ1v) is 7.09. The van der Waals surface area contributed by atoms with Crippen molar-refractivity contribution >= 4 is 38.9 Å². The number of rotatable bonds is 2. The van der Waals surface area contributed by atoms with Crippen molar-refractivity contribution in [3.8, 4) is 0 Å². The van der Waals surface area contributed by atoms with Gasteiger partial charge < -0.3 is 10.5 Å². The first-order valence-electron chi connectivity index (χ1n) is 5.10. The molecular weight excluding hydrogens is 312 g/mol. The number of hydrogen-bond donors (Lipinski definition) is 1. The van der Waals surface area contributed by atoms with E-state index in [-0.39, 0.29) is 12.1 Å². The van der Waals surface area contributed by atoms with Gasteiger partial charge >= 0.3 is 0 Å². The van der Waals surface area contributed by atoms with Gasteiger partial charge in [0.15, 0.2) is 0 Å². The van der Waals surface area contributed by atoms with Gasteiger partial charge in [0, 0.05) is 22.4 Å². The number of morpholine rings is 1. The fourth-order valence-electron chi connectivity index (χ4n) is 1.97. The van der Waals surface area contributed by atoms with Crippen LogP contribution in [0.2, 0.25) is 4.34 Å². The number of nitrogens with zero attached hydrogens (tertiary/aromatic N) is 1. The molecule has 0 saturated carbocycles. The summed E-state index contributed by atoms with van der Waals surface area (Å²) in [5.41, 5.74) is 5.75. The molecule has 1 aromatic heterocycles. The lowest BCUT2D eigenvalue weighted by molar-refractivity contribution is -0.0564.